The van der Waals surface area contributed by atoms with Crippen molar-refractivity contribution in [2.75, 3.05) is 27.8 Å². The summed E-state index contributed by atoms with van der Waals surface area (Å²) >= 11 is 0. The lowest BCUT2D eigenvalue weighted by Gasteiger charge is -2.46. The highest BCUT2D eigenvalue weighted by Crippen LogP contribution is 2.69. The average molecular weight is 870 g/mol. The van der Waals surface area contributed by atoms with Crippen LogP contribution in [0.3, 0.4) is 0 Å². The molecule has 58 heavy (non-hydrogen) atoms. The van der Waals surface area contributed by atoms with Crippen LogP contribution in [0.4, 0.5) is 57.1 Å². The Bertz CT molecular complexity index is 1470. The molecule has 0 spiro atoms. The molecule has 0 radical (unpaired) electrons. The fraction of sp³-hybridized carbons (Fsp3) is 0.923. The summed E-state index contributed by atoms with van der Waals surface area (Å²) in [5, 5.41) is 0. The van der Waals surface area contributed by atoms with Crippen LogP contribution in [-0.4, -0.2) is 86.3 Å². The van der Waals surface area contributed by atoms with Crippen molar-refractivity contribution >= 4 is 17.8 Å². The summed E-state index contributed by atoms with van der Waals surface area (Å²) in [6.45, 7) is 18.2. The van der Waals surface area contributed by atoms with Crippen molar-refractivity contribution in [2.24, 2.45) is 50.7 Å². The van der Waals surface area contributed by atoms with Crippen LogP contribution >= 0.6 is 0 Å². The van der Waals surface area contributed by atoms with Crippen LogP contribution in [0.5, 0.6) is 0 Å². The fourth-order valence-corrected chi connectivity index (χ4v) is 8.49. The molecular formula is C39H60F13NO5. The number of carbonyl (C=O) groups is 3. The molecule has 0 saturated heterocycles. The van der Waals surface area contributed by atoms with Gasteiger partial charge in [0, 0.05) is 20.0 Å². The largest absolute Gasteiger partial charge is 0.469 e. The van der Waals surface area contributed by atoms with Gasteiger partial charge in [0.2, 0.25) is 5.91 Å². The Morgan fingerprint density at radius 2 is 1.17 bits per heavy atom. The second-order valence-electron chi connectivity index (χ2n) is 19.6. The predicted octanol–water partition coefficient (Wildman–Crippen LogP) is 11.5. The van der Waals surface area contributed by atoms with Gasteiger partial charge in [0.05, 0.1) is 31.5 Å². The molecule has 0 bridgehead atoms. The zero-order chi connectivity index (χ0) is 46.5. The number of carbonyl (C=O) groups excluding carboxylic acids is 3. The third kappa shape index (κ3) is 10.3. The minimum atomic E-state index is -8.03. The van der Waals surface area contributed by atoms with Crippen molar-refractivity contribution in [3.05, 3.63) is 0 Å². The monoisotopic (exact) mass is 869 g/mol. The van der Waals surface area contributed by atoms with E-state index in [1.54, 1.807) is 48.7 Å². The molecule has 0 aromatic carbocycles. The second-order valence-corrected chi connectivity index (χ2v) is 19.6. The van der Waals surface area contributed by atoms with Crippen molar-refractivity contribution in [1.29, 1.82) is 0 Å². The van der Waals surface area contributed by atoms with Gasteiger partial charge in [0.15, 0.2) is 0 Å². The molecule has 1 saturated carbocycles. The first kappa shape index (κ1) is 53.5. The first-order valence-corrected chi connectivity index (χ1v) is 18.8. The minimum absolute atomic E-state index is 0.0130. The van der Waals surface area contributed by atoms with Crippen molar-refractivity contribution in [3.63, 3.8) is 0 Å². The molecule has 1 aliphatic carbocycles. The van der Waals surface area contributed by atoms with Gasteiger partial charge < -0.3 is 14.4 Å². The van der Waals surface area contributed by atoms with Gasteiger partial charge in [-0.1, -0.05) is 76.2 Å². The first-order chi connectivity index (χ1) is 25.4. The summed E-state index contributed by atoms with van der Waals surface area (Å²) in [4.78, 5) is 41.7. The molecule has 0 aromatic rings. The van der Waals surface area contributed by atoms with E-state index in [1.165, 1.54) is 12.0 Å². The Labute approximate surface area is 332 Å². The number of rotatable bonds is 21. The van der Waals surface area contributed by atoms with Crippen molar-refractivity contribution in [3.8, 4) is 0 Å². The Morgan fingerprint density at radius 3 is 1.55 bits per heavy atom. The van der Waals surface area contributed by atoms with Crippen LogP contribution in [0.25, 0.3) is 0 Å². The SMILES string of the molecule is COC(=O)C1(CC(C)(C)CC(C)(C)C(CC(C)(C)C(C)C(CC(C)C)C(=O)OCCC(F)(F)C(F)(F)C(F)(F)C(F)(F)C(F)(F)C(F)(F)F)C(=O)N(C)C)CC1(C)C. The van der Waals surface area contributed by atoms with Crippen LogP contribution in [0.15, 0.2) is 0 Å². The normalized spacial score (nSPS) is 20.3. The molecule has 1 aliphatic rings. The molecule has 1 fully saturated rings. The first-order valence-electron chi connectivity index (χ1n) is 18.8. The molecule has 1 rings (SSSR count). The number of hydrogen-bond acceptors (Lipinski definition) is 5. The average Bonchev–Trinajstić information content (AvgIpc) is 3.58. The third-order valence-electron chi connectivity index (χ3n) is 12.1. The van der Waals surface area contributed by atoms with E-state index in [0.717, 1.165) is 0 Å². The number of ether oxygens (including phenoxy) is 2. The Morgan fingerprint density at radius 1 is 0.724 bits per heavy atom. The van der Waals surface area contributed by atoms with E-state index in [-0.39, 0.29) is 36.1 Å². The summed E-state index contributed by atoms with van der Waals surface area (Å²) in [7, 11) is 4.44. The maximum atomic E-state index is 14.5. The van der Waals surface area contributed by atoms with Crippen molar-refractivity contribution < 1.29 is 80.9 Å². The molecule has 4 atom stereocenters. The Balaban J connectivity index is 3.40. The molecule has 0 aromatic heterocycles. The summed E-state index contributed by atoms with van der Waals surface area (Å²) in [6.07, 6.45) is -8.55. The lowest BCUT2D eigenvalue weighted by Crippen LogP contribution is -2.70. The van der Waals surface area contributed by atoms with E-state index >= 15 is 0 Å². The molecule has 19 heteroatoms. The molecule has 6 nitrogen and oxygen atoms in total. The van der Waals surface area contributed by atoms with Crippen LogP contribution in [0, 0.1) is 50.7 Å². The number of hydrogen-bond donors (Lipinski definition) is 0. The highest BCUT2D eigenvalue weighted by Gasteiger charge is 2.90. The van der Waals surface area contributed by atoms with Gasteiger partial charge in [-0.3, -0.25) is 14.4 Å². The van der Waals surface area contributed by atoms with E-state index in [0.29, 0.717) is 19.3 Å². The molecule has 0 N–H and O–H groups in total. The van der Waals surface area contributed by atoms with Gasteiger partial charge in [-0.2, -0.15) is 57.1 Å². The highest BCUT2D eigenvalue weighted by molar-refractivity contribution is 5.82. The smallest absolute Gasteiger partial charge is 0.460 e. The molecule has 4 unspecified atom stereocenters. The second kappa shape index (κ2) is 16.8. The minimum Gasteiger partial charge on any atom is -0.469 e. The maximum Gasteiger partial charge on any atom is 0.460 e. The van der Waals surface area contributed by atoms with Crippen molar-refractivity contribution in [1.82, 2.24) is 4.90 Å². The van der Waals surface area contributed by atoms with Gasteiger partial charge in [0.25, 0.3) is 0 Å². The van der Waals surface area contributed by atoms with Gasteiger partial charge >= 0.3 is 47.7 Å². The summed E-state index contributed by atoms with van der Waals surface area (Å²) in [6, 6.07) is 0. The lowest BCUT2D eigenvalue weighted by atomic mass is 9.59. The number of esters is 2. The summed E-state index contributed by atoms with van der Waals surface area (Å²) in [5.74, 6) is -42.6. The molecule has 0 heterocycles. The molecular weight excluding hydrogens is 809 g/mol. The van der Waals surface area contributed by atoms with E-state index < -0.39 is 94.2 Å². The zero-order valence-corrected chi connectivity index (χ0v) is 35.7. The number of nitrogens with zero attached hydrogens (tertiary/aromatic N) is 1. The van der Waals surface area contributed by atoms with Crippen LogP contribution in [-0.2, 0) is 23.9 Å². The van der Waals surface area contributed by atoms with E-state index in [4.69, 9.17) is 9.47 Å². The topological polar surface area (TPSA) is 72.9 Å². The number of amides is 1. The van der Waals surface area contributed by atoms with Gasteiger partial charge in [-0.15, -0.1) is 0 Å². The quantitative estimate of drug-likeness (QED) is 0.0849. The predicted molar refractivity (Wildman–Crippen MR) is 189 cm³/mol. The highest BCUT2D eigenvalue weighted by atomic mass is 19.4. The molecule has 342 valence electrons. The lowest BCUT2D eigenvalue weighted by molar-refractivity contribution is -0.440. The van der Waals surface area contributed by atoms with E-state index in [2.05, 4.69) is 0 Å². The third-order valence-corrected chi connectivity index (χ3v) is 12.1. The van der Waals surface area contributed by atoms with E-state index in [9.17, 15) is 71.5 Å². The van der Waals surface area contributed by atoms with Gasteiger partial charge in [0.1, 0.15) is 0 Å². The summed E-state index contributed by atoms with van der Waals surface area (Å²) < 4.78 is 187. The zero-order valence-electron chi connectivity index (χ0n) is 35.7. The Kier molecular flexibility index (Phi) is 15.5. The molecule has 1 amide bonds. The maximum absolute atomic E-state index is 14.5. The van der Waals surface area contributed by atoms with Gasteiger partial charge in [-0.05, 0) is 65.6 Å². The molecule has 0 aliphatic heterocycles. The van der Waals surface area contributed by atoms with Crippen LogP contribution in [0.2, 0.25) is 0 Å². The summed E-state index contributed by atoms with van der Waals surface area (Å²) in [5.41, 5.74) is -3.27. The Hall–Kier alpha value is -2.50. The van der Waals surface area contributed by atoms with Crippen LogP contribution < -0.4 is 0 Å². The number of alkyl halides is 13. The van der Waals surface area contributed by atoms with Crippen molar-refractivity contribution in [2.45, 2.75) is 150 Å². The number of halogens is 13. The standard InChI is InChI=1S/C39H60F13NO5/c1-22(2)17-24(27(55)58-16-15-34(40,41)35(42,43)36(44,45)37(46,47)38(48,49)39(50,51)52)23(3)30(6,7)18-25(26(54)53(12)13)31(8,9)19-29(4,5)20-33(28(56)57-14)21-32(33,10)11/h22-25H,15-21H2,1-14H3. The van der Waals surface area contributed by atoms with E-state index in [1.807, 2.05) is 41.5 Å². The van der Waals surface area contributed by atoms with Gasteiger partial charge in [-0.25, -0.2) is 0 Å². The number of methoxy groups -OCH3 is 1. The fourth-order valence-electron chi connectivity index (χ4n) is 8.49. The van der Waals surface area contributed by atoms with Crippen LogP contribution in [0.1, 0.15) is 115 Å².